The lowest BCUT2D eigenvalue weighted by Gasteiger charge is -2.13. The molecule has 3 amide bonds. The minimum Gasteiger partial charge on any atom is -0.457 e. The Bertz CT molecular complexity index is 1250. The third kappa shape index (κ3) is 4.87. The molecule has 3 aromatic rings. The first-order valence-corrected chi connectivity index (χ1v) is 11.4. The van der Waals surface area contributed by atoms with E-state index in [1.165, 1.54) is 6.08 Å². The van der Waals surface area contributed by atoms with Crippen molar-refractivity contribution in [1.82, 2.24) is 4.90 Å². The highest BCUT2D eigenvalue weighted by molar-refractivity contribution is 9.10. The van der Waals surface area contributed by atoms with Crippen LogP contribution in [-0.2, 0) is 9.59 Å². The van der Waals surface area contributed by atoms with E-state index in [0.717, 1.165) is 37.8 Å². The minimum absolute atomic E-state index is 0.214. The van der Waals surface area contributed by atoms with Crippen LogP contribution in [0.25, 0.3) is 17.4 Å². The number of nitrogens with one attached hydrogen (secondary N) is 1. The van der Waals surface area contributed by atoms with Crippen molar-refractivity contribution in [3.63, 3.8) is 0 Å². The summed E-state index contributed by atoms with van der Waals surface area (Å²) < 4.78 is 6.77. The number of aryl methyl sites for hydroxylation is 2. The average molecular weight is 511 g/mol. The number of carbonyl (C=O) groups is 3. The predicted octanol–water partition coefficient (Wildman–Crippen LogP) is 6.00. The Labute approximate surface area is 197 Å². The third-order valence-electron chi connectivity index (χ3n) is 4.86. The molecular weight excluding hydrogens is 492 g/mol. The van der Waals surface area contributed by atoms with Gasteiger partial charge in [0.2, 0.25) is 5.91 Å². The number of furan rings is 1. The third-order valence-corrected chi connectivity index (χ3v) is 6.30. The number of halogens is 1. The van der Waals surface area contributed by atoms with E-state index in [1.807, 2.05) is 50.2 Å². The van der Waals surface area contributed by atoms with Crippen LogP contribution in [0, 0.1) is 13.8 Å². The van der Waals surface area contributed by atoms with Gasteiger partial charge in [-0.2, -0.15) is 0 Å². The molecule has 0 saturated carbocycles. The van der Waals surface area contributed by atoms with E-state index in [0.29, 0.717) is 17.2 Å². The summed E-state index contributed by atoms with van der Waals surface area (Å²) >= 11 is 4.18. The molecule has 1 N–H and O–H groups in total. The van der Waals surface area contributed by atoms with Crippen LogP contribution < -0.4 is 5.32 Å². The molecule has 0 unspecified atom stereocenters. The Balaban J connectivity index is 1.45. The first-order valence-electron chi connectivity index (χ1n) is 9.78. The zero-order valence-electron chi connectivity index (χ0n) is 17.3. The van der Waals surface area contributed by atoms with Crippen LogP contribution in [0.2, 0.25) is 0 Å². The highest BCUT2D eigenvalue weighted by atomic mass is 79.9. The number of benzene rings is 2. The maximum Gasteiger partial charge on any atom is 0.294 e. The second kappa shape index (κ2) is 9.18. The zero-order chi connectivity index (χ0) is 22.8. The summed E-state index contributed by atoms with van der Waals surface area (Å²) in [5.74, 6) is 0.150. The molecule has 2 heterocycles. The lowest BCUT2D eigenvalue weighted by atomic mass is 10.1. The summed E-state index contributed by atoms with van der Waals surface area (Å²) in [6.45, 7) is 3.50. The number of imide groups is 1. The highest BCUT2D eigenvalue weighted by Crippen LogP contribution is 2.33. The summed E-state index contributed by atoms with van der Waals surface area (Å²) in [6, 6.07) is 16.8. The van der Waals surface area contributed by atoms with Gasteiger partial charge in [0, 0.05) is 21.8 Å². The van der Waals surface area contributed by atoms with E-state index in [2.05, 4.69) is 21.2 Å². The molecule has 1 saturated heterocycles. The quantitative estimate of drug-likeness (QED) is 0.425. The SMILES string of the molecule is Cc1ccc(NC(=O)CN2C(=O)S/C(=C/c3ccc(-c4ccc(Br)cc4)o3)C2=O)c(C)c1. The van der Waals surface area contributed by atoms with E-state index < -0.39 is 17.1 Å². The number of carbonyl (C=O) groups excluding carboxylic acids is 3. The standard InChI is InChI=1S/C24H19BrN2O4S/c1-14-3-9-19(15(2)11-14)26-22(28)13-27-23(29)21(32-24(27)30)12-18-8-10-20(31-18)16-4-6-17(25)7-5-16/h3-12H,13H2,1-2H3,(H,26,28)/b21-12+. The fourth-order valence-corrected chi connectivity index (χ4v) is 4.34. The number of hydrogen-bond donors (Lipinski definition) is 1. The average Bonchev–Trinajstić information content (AvgIpc) is 3.31. The van der Waals surface area contributed by atoms with Crippen LogP contribution in [0.1, 0.15) is 16.9 Å². The number of rotatable bonds is 5. The van der Waals surface area contributed by atoms with Crippen LogP contribution in [-0.4, -0.2) is 28.5 Å². The van der Waals surface area contributed by atoms with Crippen LogP contribution in [0.15, 0.2) is 68.4 Å². The number of thioether (sulfide) groups is 1. The topological polar surface area (TPSA) is 79.6 Å². The fourth-order valence-electron chi connectivity index (χ4n) is 3.25. The maximum atomic E-state index is 12.7. The molecule has 0 atom stereocenters. The predicted molar refractivity (Wildman–Crippen MR) is 129 cm³/mol. The van der Waals surface area contributed by atoms with Crippen molar-refractivity contribution in [2.75, 3.05) is 11.9 Å². The van der Waals surface area contributed by atoms with E-state index >= 15 is 0 Å². The van der Waals surface area contributed by atoms with Crippen molar-refractivity contribution in [1.29, 1.82) is 0 Å². The van der Waals surface area contributed by atoms with Crippen LogP contribution >= 0.6 is 27.7 Å². The monoisotopic (exact) mass is 510 g/mol. The van der Waals surface area contributed by atoms with Gasteiger partial charge in [0.05, 0.1) is 4.91 Å². The minimum atomic E-state index is -0.516. The Morgan fingerprint density at radius 2 is 1.84 bits per heavy atom. The molecule has 0 aliphatic carbocycles. The molecule has 8 heteroatoms. The van der Waals surface area contributed by atoms with Gasteiger partial charge in [-0.15, -0.1) is 0 Å². The van der Waals surface area contributed by atoms with E-state index in [4.69, 9.17) is 4.42 Å². The van der Waals surface area contributed by atoms with Crippen LogP contribution in [0.5, 0.6) is 0 Å². The van der Waals surface area contributed by atoms with Crippen molar-refractivity contribution in [3.8, 4) is 11.3 Å². The first kappa shape index (κ1) is 22.1. The number of nitrogens with zero attached hydrogens (tertiary/aromatic N) is 1. The Morgan fingerprint density at radius 1 is 1.09 bits per heavy atom. The van der Waals surface area contributed by atoms with Crippen molar-refractivity contribution >= 4 is 56.5 Å². The van der Waals surface area contributed by atoms with Gasteiger partial charge in [-0.1, -0.05) is 45.8 Å². The van der Waals surface area contributed by atoms with Crippen LogP contribution in [0.3, 0.4) is 0 Å². The molecule has 2 aromatic carbocycles. The highest BCUT2D eigenvalue weighted by Gasteiger charge is 2.36. The molecule has 1 aliphatic rings. The van der Waals surface area contributed by atoms with Gasteiger partial charge in [0.15, 0.2) is 0 Å². The van der Waals surface area contributed by atoms with Gasteiger partial charge in [-0.3, -0.25) is 19.3 Å². The molecule has 1 aliphatic heterocycles. The smallest absolute Gasteiger partial charge is 0.294 e. The summed E-state index contributed by atoms with van der Waals surface area (Å²) in [7, 11) is 0. The van der Waals surface area contributed by atoms with Gasteiger partial charge in [-0.05, 0) is 61.5 Å². The number of amides is 3. The fraction of sp³-hybridized carbons (Fsp3) is 0.125. The van der Waals surface area contributed by atoms with E-state index in [9.17, 15) is 14.4 Å². The molecule has 1 fully saturated rings. The summed E-state index contributed by atoms with van der Waals surface area (Å²) in [5, 5.41) is 2.27. The van der Waals surface area contributed by atoms with Crippen molar-refractivity contribution in [3.05, 3.63) is 80.9 Å². The summed E-state index contributed by atoms with van der Waals surface area (Å²) in [4.78, 5) is 38.7. The largest absolute Gasteiger partial charge is 0.457 e. The summed E-state index contributed by atoms with van der Waals surface area (Å²) in [6.07, 6.45) is 1.52. The molecule has 6 nitrogen and oxygen atoms in total. The molecule has 32 heavy (non-hydrogen) atoms. The number of hydrogen-bond acceptors (Lipinski definition) is 5. The molecular formula is C24H19BrN2O4S. The van der Waals surface area contributed by atoms with Gasteiger partial charge in [0.1, 0.15) is 18.1 Å². The molecule has 0 radical (unpaired) electrons. The normalized spacial score (nSPS) is 15.0. The van der Waals surface area contributed by atoms with Crippen molar-refractivity contribution < 1.29 is 18.8 Å². The van der Waals surface area contributed by atoms with Crippen LogP contribution in [0.4, 0.5) is 10.5 Å². The lowest BCUT2D eigenvalue weighted by Crippen LogP contribution is -2.36. The summed E-state index contributed by atoms with van der Waals surface area (Å²) in [5.41, 5.74) is 3.53. The van der Waals surface area contributed by atoms with Crippen molar-refractivity contribution in [2.24, 2.45) is 0 Å². The maximum absolute atomic E-state index is 12.7. The van der Waals surface area contributed by atoms with Gasteiger partial charge in [0.25, 0.3) is 11.1 Å². The molecule has 162 valence electrons. The first-order chi connectivity index (χ1) is 15.3. The Hall–Kier alpha value is -3.10. The Kier molecular flexibility index (Phi) is 6.34. The Morgan fingerprint density at radius 3 is 2.56 bits per heavy atom. The number of anilines is 1. The molecule has 4 rings (SSSR count). The molecule has 0 spiro atoms. The zero-order valence-corrected chi connectivity index (χ0v) is 19.7. The van der Waals surface area contributed by atoms with Gasteiger partial charge >= 0.3 is 0 Å². The second-order valence-corrected chi connectivity index (χ2v) is 9.25. The van der Waals surface area contributed by atoms with E-state index in [1.54, 1.807) is 18.2 Å². The van der Waals surface area contributed by atoms with Gasteiger partial charge < -0.3 is 9.73 Å². The van der Waals surface area contributed by atoms with E-state index in [-0.39, 0.29) is 11.4 Å². The van der Waals surface area contributed by atoms with Gasteiger partial charge in [-0.25, -0.2) is 0 Å². The molecule has 0 bridgehead atoms. The van der Waals surface area contributed by atoms with Crippen molar-refractivity contribution in [2.45, 2.75) is 13.8 Å². The molecule has 1 aromatic heterocycles. The lowest BCUT2D eigenvalue weighted by molar-refractivity contribution is -0.127. The second-order valence-electron chi connectivity index (χ2n) is 7.34.